The molecule has 0 spiro atoms. The molecule has 0 amide bonds. The summed E-state index contributed by atoms with van der Waals surface area (Å²) < 4.78 is 11.9. The van der Waals surface area contributed by atoms with Crippen LogP contribution in [0, 0.1) is 5.92 Å². The number of rotatable bonds is 7. The third-order valence-corrected chi connectivity index (χ3v) is 5.18. The first-order valence-electron chi connectivity index (χ1n) is 8.99. The van der Waals surface area contributed by atoms with Crippen LogP contribution in [0.2, 0.25) is 5.02 Å². The summed E-state index contributed by atoms with van der Waals surface area (Å²) in [6, 6.07) is 15.1. The Kier molecular flexibility index (Phi) is 6.85. The Morgan fingerprint density at radius 1 is 1.11 bits per heavy atom. The van der Waals surface area contributed by atoms with Crippen LogP contribution < -0.4 is 0 Å². The van der Waals surface area contributed by atoms with Crippen molar-refractivity contribution in [3.63, 3.8) is 0 Å². The minimum absolute atomic E-state index is 0.0280. The number of hydrogen-bond donors (Lipinski definition) is 2. The van der Waals surface area contributed by atoms with E-state index in [1.54, 1.807) is 6.07 Å². The lowest BCUT2D eigenvalue weighted by Gasteiger charge is -2.36. The maximum Gasteiger partial charge on any atom is 0.303 e. The molecule has 6 heteroatoms. The summed E-state index contributed by atoms with van der Waals surface area (Å²) in [6.45, 7) is 0.306. The largest absolute Gasteiger partial charge is 0.481 e. The SMILES string of the molecule is O=C(O)CCc1ccccc1CC1COC(c2ccccc2Cl)OC1CO. The zero-order valence-electron chi connectivity index (χ0n) is 14.9. The summed E-state index contributed by atoms with van der Waals surface area (Å²) in [4.78, 5) is 10.9. The van der Waals surface area contributed by atoms with Gasteiger partial charge in [-0.3, -0.25) is 4.79 Å². The molecule has 3 rings (SSSR count). The van der Waals surface area contributed by atoms with Gasteiger partial charge in [-0.15, -0.1) is 0 Å². The van der Waals surface area contributed by atoms with E-state index >= 15 is 0 Å². The number of benzene rings is 2. The Morgan fingerprint density at radius 3 is 2.52 bits per heavy atom. The number of carboxylic acids is 1. The molecule has 1 aliphatic heterocycles. The molecular formula is C21H23ClO5. The highest BCUT2D eigenvalue weighted by Gasteiger charge is 2.33. The average Bonchev–Trinajstić information content (AvgIpc) is 2.68. The van der Waals surface area contributed by atoms with Gasteiger partial charge in [0, 0.05) is 22.9 Å². The average molecular weight is 391 g/mol. The standard InChI is InChI=1S/C21H23ClO5/c22-18-8-4-3-7-17(18)21-26-13-16(19(12-23)27-21)11-15-6-2-1-5-14(15)9-10-20(24)25/h1-8,16,19,21,23H,9-13H2,(H,24,25). The Balaban J connectivity index is 1.70. The predicted molar refractivity (Wildman–Crippen MR) is 102 cm³/mol. The summed E-state index contributed by atoms with van der Waals surface area (Å²) >= 11 is 6.23. The fraction of sp³-hybridized carbons (Fsp3) is 0.381. The van der Waals surface area contributed by atoms with Crippen LogP contribution in [0.3, 0.4) is 0 Å². The van der Waals surface area contributed by atoms with Gasteiger partial charge in [0.25, 0.3) is 0 Å². The number of halogens is 1. The van der Waals surface area contributed by atoms with E-state index in [1.807, 2.05) is 42.5 Å². The molecule has 0 bridgehead atoms. The molecule has 1 fully saturated rings. The molecular weight excluding hydrogens is 368 g/mol. The lowest BCUT2D eigenvalue weighted by molar-refractivity contribution is -0.248. The first-order valence-corrected chi connectivity index (χ1v) is 9.37. The second-order valence-electron chi connectivity index (χ2n) is 6.67. The predicted octanol–water partition coefficient (Wildman–Crippen LogP) is 3.62. The minimum atomic E-state index is -0.815. The Bertz CT molecular complexity index is 779. The molecule has 3 atom stereocenters. The Hall–Kier alpha value is -1.92. The number of aliphatic hydroxyl groups is 1. The van der Waals surface area contributed by atoms with Crippen molar-refractivity contribution < 1.29 is 24.5 Å². The molecule has 2 aromatic carbocycles. The molecule has 1 heterocycles. The lowest BCUT2D eigenvalue weighted by atomic mass is 9.90. The number of aliphatic hydroxyl groups excluding tert-OH is 1. The molecule has 0 aromatic heterocycles. The highest BCUT2D eigenvalue weighted by Crippen LogP contribution is 2.34. The third-order valence-electron chi connectivity index (χ3n) is 4.83. The molecule has 2 N–H and O–H groups in total. The third kappa shape index (κ3) is 5.08. The number of ether oxygens (including phenoxy) is 2. The number of hydrogen-bond acceptors (Lipinski definition) is 4. The number of aryl methyl sites for hydroxylation is 1. The molecule has 3 unspecified atom stereocenters. The molecule has 0 saturated carbocycles. The van der Waals surface area contributed by atoms with Crippen LogP contribution >= 0.6 is 11.6 Å². The molecule has 27 heavy (non-hydrogen) atoms. The van der Waals surface area contributed by atoms with E-state index in [1.165, 1.54) is 0 Å². The summed E-state index contributed by atoms with van der Waals surface area (Å²) in [5.74, 6) is -0.843. The highest BCUT2D eigenvalue weighted by molar-refractivity contribution is 6.31. The fourth-order valence-corrected chi connectivity index (χ4v) is 3.59. The monoisotopic (exact) mass is 390 g/mol. The fourth-order valence-electron chi connectivity index (χ4n) is 3.36. The summed E-state index contributed by atoms with van der Waals surface area (Å²) in [7, 11) is 0. The quantitative estimate of drug-likeness (QED) is 0.755. The maximum absolute atomic E-state index is 10.9. The molecule has 0 radical (unpaired) electrons. The van der Waals surface area contributed by atoms with Crippen molar-refractivity contribution >= 4 is 17.6 Å². The van der Waals surface area contributed by atoms with Crippen molar-refractivity contribution in [3.8, 4) is 0 Å². The van der Waals surface area contributed by atoms with Crippen LogP contribution in [0.5, 0.6) is 0 Å². The van der Waals surface area contributed by atoms with E-state index < -0.39 is 12.3 Å². The van der Waals surface area contributed by atoms with E-state index in [0.29, 0.717) is 24.5 Å². The number of carbonyl (C=O) groups is 1. The van der Waals surface area contributed by atoms with Gasteiger partial charge in [-0.05, 0) is 30.0 Å². The normalized spacial score (nSPS) is 22.5. The topological polar surface area (TPSA) is 76.0 Å². The van der Waals surface area contributed by atoms with Gasteiger partial charge in [0.1, 0.15) is 0 Å². The van der Waals surface area contributed by atoms with Gasteiger partial charge in [-0.2, -0.15) is 0 Å². The van der Waals surface area contributed by atoms with E-state index in [9.17, 15) is 9.90 Å². The van der Waals surface area contributed by atoms with Crippen LogP contribution in [-0.2, 0) is 27.1 Å². The molecule has 1 aliphatic rings. The Morgan fingerprint density at radius 2 is 1.81 bits per heavy atom. The molecule has 5 nitrogen and oxygen atoms in total. The highest BCUT2D eigenvalue weighted by atomic mass is 35.5. The van der Waals surface area contributed by atoms with E-state index in [2.05, 4.69) is 0 Å². The van der Waals surface area contributed by atoms with E-state index in [-0.39, 0.29) is 25.0 Å². The summed E-state index contributed by atoms with van der Waals surface area (Å²) in [5, 5.41) is 19.3. The summed E-state index contributed by atoms with van der Waals surface area (Å²) in [5.41, 5.74) is 2.81. The van der Waals surface area contributed by atoms with Gasteiger partial charge in [0.05, 0.1) is 19.3 Å². The zero-order chi connectivity index (χ0) is 19.2. The van der Waals surface area contributed by atoms with Gasteiger partial charge in [-0.1, -0.05) is 54.1 Å². The number of aliphatic carboxylic acids is 1. The van der Waals surface area contributed by atoms with Crippen molar-refractivity contribution in [1.82, 2.24) is 0 Å². The van der Waals surface area contributed by atoms with E-state index in [0.717, 1.165) is 16.7 Å². The van der Waals surface area contributed by atoms with E-state index in [4.69, 9.17) is 26.2 Å². The molecule has 0 aliphatic carbocycles. The maximum atomic E-state index is 10.9. The molecule has 2 aromatic rings. The van der Waals surface area contributed by atoms with Gasteiger partial charge in [-0.25, -0.2) is 0 Å². The zero-order valence-corrected chi connectivity index (χ0v) is 15.6. The molecule has 1 saturated heterocycles. The lowest BCUT2D eigenvalue weighted by Crippen LogP contribution is -2.39. The van der Waals surface area contributed by atoms with Crippen molar-refractivity contribution in [2.45, 2.75) is 31.7 Å². The second kappa shape index (κ2) is 9.33. The first-order chi connectivity index (χ1) is 13.1. The van der Waals surface area contributed by atoms with Crippen LogP contribution in [-0.4, -0.2) is 35.5 Å². The first kappa shape index (κ1) is 19.8. The second-order valence-corrected chi connectivity index (χ2v) is 7.08. The van der Waals surface area contributed by atoms with Crippen molar-refractivity contribution in [1.29, 1.82) is 0 Å². The smallest absolute Gasteiger partial charge is 0.303 e. The minimum Gasteiger partial charge on any atom is -0.481 e. The number of carboxylic acid groups (broad SMARTS) is 1. The van der Waals surface area contributed by atoms with Crippen LogP contribution in [0.1, 0.15) is 29.4 Å². The van der Waals surface area contributed by atoms with Gasteiger partial charge < -0.3 is 19.7 Å². The van der Waals surface area contributed by atoms with Gasteiger partial charge >= 0.3 is 5.97 Å². The van der Waals surface area contributed by atoms with Crippen LogP contribution in [0.4, 0.5) is 0 Å². The summed E-state index contributed by atoms with van der Waals surface area (Å²) in [6.07, 6.45) is 0.233. The van der Waals surface area contributed by atoms with Gasteiger partial charge in [0.15, 0.2) is 6.29 Å². The van der Waals surface area contributed by atoms with Crippen LogP contribution in [0.25, 0.3) is 0 Å². The van der Waals surface area contributed by atoms with Crippen molar-refractivity contribution in [2.75, 3.05) is 13.2 Å². The Labute approximate surface area is 163 Å². The molecule has 144 valence electrons. The van der Waals surface area contributed by atoms with Gasteiger partial charge in [0.2, 0.25) is 0 Å². The van der Waals surface area contributed by atoms with Crippen molar-refractivity contribution in [3.05, 3.63) is 70.2 Å². The van der Waals surface area contributed by atoms with Crippen LogP contribution in [0.15, 0.2) is 48.5 Å². The van der Waals surface area contributed by atoms with Crippen molar-refractivity contribution in [2.24, 2.45) is 5.92 Å².